The molecule has 0 aromatic carbocycles. The second kappa shape index (κ2) is 7.80. The summed E-state index contributed by atoms with van der Waals surface area (Å²) in [6.07, 6.45) is 0. The van der Waals surface area contributed by atoms with Gasteiger partial charge in [0.25, 0.3) is 5.91 Å². The number of aryl methyl sites for hydroxylation is 1. The smallest absolute Gasteiger partial charge is 0.325 e. The van der Waals surface area contributed by atoms with E-state index < -0.39 is 17.9 Å². The second-order valence-electron chi connectivity index (χ2n) is 4.82. The van der Waals surface area contributed by atoms with E-state index in [1.165, 1.54) is 6.92 Å². The summed E-state index contributed by atoms with van der Waals surface area (Å²) >= 11 is 0. The third-order valence-electron chi connectivity index (χ3n) is 3.22. The average molecular weight is 298 g/mol. The van der Waals surface area contributed by atoms with Crippen molar-refractivity contribution in [2.45, 2.75) is 33.4 Å². The second-order valence-corrected chi connectivity index (χ2v) is 4.82. The lowest BCUT2D eigenvalue weighted by molar-refractivity contribution is -0.138. The van der Waals surface area contributed by atoms with E-state index in [1.807, 2.05) is 11.8 Å². The minimum Gasteiger partial charge on any atom is -0.480 e. The molecule has 3 N–H and O–H groups in total. The minimum atomic E-state index is -1.10. The lowest BCUT2D eigenvalue weighted by atomic mass is 10.2. The summed E-state index contributed by atoms with van der Waals surface area (Å²) in [5.74, 6) is -0.952. The van der Waals surface area contributed by atoms with Crippen LogP contribution in [0.3, 0.4) is 0 Å². The van der Waals surface area contributed by atoms with Crippen LogP contribution in [0.15, 0.2) is 10.5 Å². The maximum Gasteiger partial charge on any atom is 0.325 e. The number of carbonyl (C=O) groups excluding carboxylic acids is 1. The first-order valence-corrected chi connectivity index (χ1v) is 6.85. The van der Waals surface area contributed by atoms with Gasteiger partial charge >= 0.3 is 5.97 Å². The maximum absolute atomic E-state index is 11.9. The molecule has 118 valence electrons. The van der Waals surface area contributed by atoms with E-state index >= 15 is 0 Å². The number of carboxylic acids is 1. The maximum atomic E-state index is 11.9. The van der Waals surface area contributed by atoms with Gasteiger partial charge in [0.15, 0.2) is 5.76 Å². The Morgan fingerprint density at radius 3 is 2.67 bits per heavy atom. The summed E-state index contributed by atoms with van der Waals surface area (Å²) < 4.78 is 5.39. The van der Waals surface area contributed by atoms with Crippen LogP contribution in [0.25, 0.3) is 0 Å². The Labute approximate surface area is 123 Å². The molecule has 1 atom stereocenters. The number of aliphatic carboxylic acids is 1. The van der Waals surface area contributed by atoms with Gasteiger partial charge < -0.3 is 19.9 Å². The number of nitrogens with one attached hydrogen (secondary N) is 1. The average Bonchev–Trinajstić information content (AvgIpc) is 2.79. The van der Waals surface area contributed by atoms with Gasteiger partial charge in [-0.1, -0.05) is 6.92 Å². The topological polar surface area (TPSA) is 103 Å². The van der Waals surface area contributed by atoms with Crippen LogP contribution in [-0.2, 0) is 11.3 Å². The fourth-order valence-electron chi connectivity index (χ4n) is 1.85. The molecule has 0 fully saturated rings. The highest BCUT2D eigenvalue weighted by Crippen LogP contribution is 2.17. The highest BCUT2D eigenvalue weighted by molar-refractivity contribution is 5.94. The van der Waals surface area contributed by atoms with Gasteiger partial charge in [-0.2, -0.15) is 0 Å². The highest BCUT2D eigenvalue weighted by atomic mass is 16.4. The predicted molar refractivity (Wildman–Crippen MR) is 76.0 cm³/mol. The summed E-state index contributed by atoms with van der Waals surface area (Å²) in [5.41, 5.74) is 0.846. The molecule has 0 radical (unpaired) electrons. The summed E-state index contributed by atoms with van der Waals surface area (Å²) in [4.78, 5) is 24.6. The lowest BCUT2D eigenvalue weighted by Gasteiger charge is -2.18. The Balaban J connectivity index is 2.77. The molecule has 0 spiro atoms. The normalized spacial score (nSPS) is 12.4. The SMILES string of the molecule is CCN(CCO)Cc1cc(C(=O)NC(C)C(=O)O)oc1C. The van der Waals surface area contributed by atoms with Crippen molar-refractivity contribution in [1.29, 1.82) is 0 Å². The van der Waals surface area contributed by atoms with Crippen LogP contribution in [0.4, 0.5) is 0 Å². The summed E-state index contributed by atoms with van der Waals surface area (Å²) in [6, 6.07) is 0.632. The first-order chi connectivity index (χ1) is 9.88. The van der Waals surface area contributed by atoms with Gasteiger partial charge in [-0.15, -0.1) is 0 Å². The molecule has 1 aromatic heterocycles. The molecular formula is C14H22N2O5. The standard InChI is InChI=1S/C14H22N2O5/c1-4-16(5-6-17)8-11-7-12(21-10(11)3)13(18)15-9(2)14(19)20/h7,9,17H,4-6,8H2,1-3H3,(H,15,18)(H,19,20). The number of hydrogen-bond donors (Lipinski definition) is 3. The highest BCUT2D eigenvalue weighted by Gasteiger charge is 2.20. The van der Waals surface area contributed by atoms with Gasteiger partial charge in [0.2, 0.25) is 0 Å². The molecule has 1 aromatic rings. The molecule has 21 heavy (non-hydrogen) atoms. The number of likely N-dealkylation sites (N-methyl/N-ethyl adjacent to an activating group) is 1. The quantitative estimate of drug-likeness (QED) is 0.649. The molecule has 0 saturated heterocycles. The van der Waals surface area contributed by atoms with E-state index in [9.17, 15) is 9.59 Å². The van der Waals surface area contributed by atoms with Gasteiger partial charge in [-0.25, -0.2) is 0 Å². The van der Waals surface area contributed by atoms with Crippen molar-refractivity contribution in [2.24, 2.45) is 0 Å². The molecular weight excluding hydrogens is 276 g/mol. The Kier molecular flexibility index (Phi) is 6.39. The number of carboxylic acid groups (broad SMARTS) is 1. The van der Waals surface area contributed by atoms with Crippen molar-refractivity contribution in [3.05, 3.63) is 23.2 Å². The van der Waals surface area contributed by atoms with Crippen LogP contribution in [0.5, 0.6) is 0 Å². The van der Waals surface area contributed by atoms with Gasteiger partial charge in [0.05, 0.1) is 6.61 Å². The monoisotopic (exact) mass is 298 g/mol. The molecule has 7 heteroatoms. The number of carbonyl (C=O) groups is 2. The fraction of sp³-hybridized carbons (Fsp3) is 0.571. The van der Waals surface area contributed by atoms with Gasteiger partial charge in [0.1, 0.15) is 11.8 Å². The Morgan fingerprint density at radius 1 is 1.48 bits per heavy atom. The predicted octanol–water partition coefficient (Wildman–Crippen LogP) is 0.605. The number of aliphatic hydroxyl groups is 1. The van der Waals surface area contributed by atoms with Crippen LogP contribution >= 0.6 is 0 Å². The largest absolute Gasteiger partial charge is 0.480 e. The third-order valence-corrected chi connectivity index (χ3v) is 3.22. The van der Waals surface area contributed by atoms with Crippen molar-refractivity contribution >= 4 is 11.9 Å². The van der Waals surface area contributed by atoms with Gasteiger partial charge in [-0.3, -0.25) is 14.5 Å². The van der Waals surface area contributed by atoms with E-state index in [0.29, 0.717) is 18.8 Å². The molecule has 7 nitrogen and oxygen atoms in total. The molecule has 0 aliphatic rings. The molecule has 0 saturated carbocycles. The first-order valence-electron chi connectivity index (χ1n) is 6.85. The van der Waals surface area contributed by atoms with Crippen LogP contribution in [0.1, 0.15) is 35.7 Å². The van der Waals surface area contributed by atoms with E-state index in [1.54, 1.807) is 13.0 Å². The first kappa shape index (κ1) is 17.2. The third kappa shape index (κ3) is 4.87. The lowest BCUT2D eigenvalue weighted by Crippen LogP contribution is -2.38. The van der Waals surface area contributed by atoms with Crippen molar-refractivity contribution in [1.82, 2.24) is 10.2 Å². The van der Waals surface area contributed by atoms with E-state index in [-0.39, 0.29) is 12.4 Å². The summed E-state index contributed by atoms with van der Waals surface area (Å²) in [7, 11) is 0. The van der Waals surface area contributed by atoms with Gasteiger partial charge in [-0.05, 0) is 26.5 Å². The van der Waals surface area contributed by atoms with E-state index in [0.717, 1.165) is 12.1 Å². The Hall–Kier alpha value is -1.86. The van der Waals surface area contributed by atoms with Crippen molar-refractivity contribution in [3.63, 3.8) is 0 Å². The Morgan fingerprint density at radius 2 is 2.14 bits per heavy atom. The van der Waals surface area contributed by atoms with Crippen molar-refractivity contribution in [2.75, 3.05) is 19.7 Å². The fourth-order valence-corrected chi connectivity index (χ4v) is 1.85. The Bertz CT molecular complexity index is 498. The number of nitrogens with zero attached hydrogens (tertiary/aromatic N) is 1. The van der Waals surface area contributed by atoms with Crippen LogP contribution in [0.2, 0.25) is 0 Å². The molecule has 0 bridgehead atoms. The summed E-state index contributed by atoms with van der Waals surface area (Å²) in [5, 5.41) is 20.1. The van der Waals surface area contributed by atoms with E-state index in [2.05, 4.69) is 5.32 Å². The van der Waals surface area contributed by atoms with Crippen molar-refractivity contribution in [3.8, 4) is 0 Å². The molecule has 0 aliphatic heterocycles. The minimum absolute atomic E-state index is 0.0637. The van der Waals surface area contributed by atoms with Gasteiger partial charge in [0, 0.05) is 18.7 Å². The molecule has 1 amide bonds. The zero-order valence-electron chi connectivity index (χ0n) is 12.5. The number of rotatable bonds is 8. The van der Waals surface area contributed by atoms with Crippen LogP contribution in [0, 0.1) is 6.92 Å². The van der Waals surface area contributed by atoms with Crippen LogP contribution in [-0.4, -0.2) is 52.7 Å². The van der Waals surface area contributed by atoms with E-state index in [4.69, 9.17) is 14.6 Å². The number of furan rings is 1. The molecule has 1 heterocycles. The zero-order valence-corrected chi connectivity index (χ0v) is 12.5. The van der Waals surface area contributed by atoms with Crippen LogP contribution < -0.4 is 5.32 Å². The van der Waals surface area contributed by atoms with Crippen molar-refractivity contribution < 1.29 is 24.2 Å². The molecule has 0 aliphatic carbocycles. The summed E-state index contributed by atoms with van der Waals surface area (Å²) in [6.45, 7) is 7.05. The number of amides is 1. The zero-order chi connectivity index (χ0) is 16.0. The number of aliphatic hydroxyl groups excluding tert-OH is 1. The molecule has 1 unspecified atom stereocenters. The number of hydrogen-bond acceptors (Lipinski definition) is 5. The molecule has 1 rings (SSSR count).